The number of fused-ring (bicyclic) bond motifs is 2. The van der Waals surface area contributed by atoms with E-state index in [4.69, 9.17) is 25.8 Å². The van der Waals surface area contributed by atoms with Crippen molar-refractivity contribution in [2.24, 2.45) is 0 Å². The number of hydrogen-bond donors (Lipinski definition) is 1. The Hall–Kier alpha value is -3.03. The normalized spacial score (nSPS) is 11.0. The summed E-state index contributed by atoms with van der Waals surface area (Å²) in [5.41, 5.74) is 1.71. The molecule has 0 atom stereocenters. The number of amides is 1. The van der Waals surface area contributed by atoms with Crippen LogP contribution in [-0.2, 0) is 6.42 Å². The van der Waals surface area contributed by atoms with Crippen LogP contribution in [0.2, 0.25) is 5.02 Å². The predicted octanol–water partition coefficient (Wildman–Crippen LogP) is 5.10. The molecule has 0 bridgehead atoms. The van der Waals surface area contributed by atoms with E-state index in [9.17, 15) is 4.79 Å². The van der Waals surface area contributed by atoms with Crippen molar-refractivity contribution in [1.82, 2.24) is 10.3 Å². The summed E-state index contributed by atoms with van der Waals surface area (Å²) in [6, 6.07) is 13.3. The van der Waals surface area contributed by atoms with Crippen molar-refractivity contribution in [2.75, 3.05) is 27.9 Å². The van der Waals surface area contributed by atoms with Crippen LogP contribution >= 0.6 is 22.9 Å². The SMILES string of the molecule is COc1ccc(CCNC(=O)c2cc3cc4ccc(OC)c(Cl)c4nc3s2)cc1OC. The zero-order chi connectivity index (χ0) is 22.0. The van der Waals surface area contributed by atoms with Crippen LogP contribution in [-0.4, -0.2) is 38.8 Å². The van der Waals surface area contributed by atoms with Gasteiger partial charge in [-0.05, 0) is 48.4 Å². The van der Waals surface area contributed by atoms with Crippen molar-refractivity contribution in [2.45, 2.75) is 6.42 Å². The van der Waals surface area contributed by atoms with Crippen LogP contribution in [0.15, 0.2) is 42.5 Å². The fourth-order valence-corrected chi connectivity index (χ4v) is 4.58. The van der Waals surface area contributed by atoms with Gasteiger partial charge in [0.25, 0.3) is 5.91 Å². The Kier molecular flexibility index (Phi) is 6.15. The molecule has 8 heteroatoms. The molecule has 4 aromatic rings. The third kappa shape index (κ3) is 4.24. The number of carbonyl (C=O) groups is 1. The molecule has 0 aliphatic carbocycles. The van der Waals surface area contributed by atoms with Gasteiger partial charge in [-0.3, -0.25) is 4.79 Å². The number of pyridine rings is 1. The number of hydrogen-bond acceptors (Lipinski definition) is 6. The number of ether oxygens (including phenoxy) is 3. The quantitative estimate of drug-likeness (QED) is 0.419. The summed E-state index contributed by atoms with van der Waals surface area (Å²) in [5, 5.41) is 5.25. The zero-order valence-electron chi connectivity index (χ0n) is 17.3. The lowest BCUT2D eigenvalue weighted by atomic mass is 10.1. The molecule has 0 saturated heterocycles. The number of thiophene rings is 1. The van der Waals surface area contributed by atoms with Crippen LogP contribution in [0, 0.1) is 0 Å². The minimum atomic E-state index is -0.129. The summed E-state index contributed by atoms with van der Waals surface area (Å²) in [7, 11) is 4.78. The molecule has 160 valence electrons. The lowest BCUT2D eigenvalue weighted by Gasteiger charge is -2.09. The molecule has 0 saturated carbocycles. The van der Waals surface area contributed by atoms with E-state index in [1.54, 1.807) is 21.3 Å². The molecule has 1 N–H and O–H groups in total. The molecule has 0 spiro atoms. The molecule has 1 amide bonds. The first kappa shape index (κ1) is 21.2. The van der Waals surface area contributed by atoms with Crippen molar-refractivity contribution < 1.29 is 19.0 Å². The van der Waals surface area contributed by atoms with Crippen molar-refractivity contribution in [3.8, 4) is 17.2 Å². The summed E-state index contributed by atoms with van der Waals surface area (Å²) >= 11 is 7.74. The van der Waals surface area contributed by atoms with Crippen LogP contribution in [0.4, 0.5) is 0 Å². The zero-order valence-corrected chi connectivity index (χ0v) is 18.9. The molecule has 2 aromatic heterocycles. The van der Waals surface area contributed by atoms with Gasteiger partial charge in [-0.15, -0.1) is 11.3 Å². The highest BCUT2D eigenvalue weighted by molar-refractivity contribution is 7.20. The minimum absolute atomic E-state index is 0.129. The van der Waals surface area contributed by atoms with Gasteiger partial charge in [0.15, 0.2) is 11.5 Å². The molecule has 4 rings (SSSR count). The second-order valence-electron chi connectivity index (χ2n) is 6.84. The highest BCUT2D eigenvalue weighted by atomic mass is 35.5. The number of benzene rings is 2. The first-order chi connectivity index (χ1) is 15.0. The van der Waals surface area contributed by atoms with Gasteiger partial charge in [-0.2, -0.15) is 0 Å². The molecule has 0 unspecified atom stereocenters. The molecule has 31 heavy (non-hydrogen) atoms. The lowest BCUT2D eigenvalue weighted by molar-refractivity contribution is 0.0958. The summed E-state index contributed by atoms with van der Waals surface area (Å²) in [4.78, 5) is 18.7. The topological polar surface area (TPSA) is 69.7 Å². The maximum Gasteiger partial charge on any atom is 0.261 e. The van der Waals surface area contributed by atoms with Gasteiger partial charge in [0, 0.05) is 17.3 Å². The number of carbonyl (C=O) groups excluding carboxylic acids is 1. The number of methoxy groups -OCH3 is 3. The van der Waals surface area contributed by atoms with Crippen LogP contribution in [0.3, 0.4) is 0 Å². The van der Waals surface area contributed by atoms with Crippen molar-refractivity contribution >= 4 is 50.0 Å². The van der Waals surface area contributed by atoms with Gasteiger partial charge in [-0.1, -0.05) is 17.7 Å². The van der Waals surface area contributed by atoms with E-state index in [1.165, 1.54) is 11.3 Å². The molecular weight excluding hydrogens is 436 g/mol. The summed E-state index contributed by atoms with van der Waals surface area (Å²) in [6.07, 6.45) is 0.675. The number of aromatic nitrogens is 1. The van der Waals surface area contributed by atoms with E-state index in [1.807, 2.05) is 42.5 Å². The smallest absolute Gasteiger partial charge is 0.261 e. The van der Waals surface area contributed by atoms with Gasteiger partial charge in [-0.25, -0.2) is 4.98 Å². The minimum Gasteiger partial charge on any atom is -0.495 e. The highest BCUT2D eigenvalue weighted by Gasteiger charge is 2.14. The molecule has 6 nitrogen and oxygen atoms in total. The Morgan fingerprint density at radius 2 is 1.71 bits per heavy atom. The number of nitrogens with one attached hydrogen (secondary N) is 1. The average molecular weight is 457 g/mol. The molecule has 0 aliphatic heterocycles. The first-order valence-corrected chi connectivity index (χ1v) is 10.8. The Morgan fingerprint density at radius 1 is 0.968 bits per heavy atom. The monoisotopic (exact) mass is 456 g/mol. The van der Waals surface area contributed by atoms with E-state index in [0.29, 0.717) is 45.6 Å². The Balaban J connectivity index is 1.49. The van der Waals surface area contributed by atoms with Gasteiger partial charge in [0.05, 0.1) is 31.7 Å². The predicted molar refractivity (Wildman–Crippen MR) is 124 cm³/mol. The number of nitrogens with zero attached hydrogens (tertiary/aromatic N) is 1. The second-order valence-corrected chi connectivity index (χ2v) is 8.25. The molecule has 2 heterocycles. The first-order valence-electron chi connectivity index (χ1n) is 9.60. The average Bonchev–Trinajstić information content (AvgIpc) is 3.21. The van der Waals surface area contributed by atoms with E-state index < -0.39 is 0 Å². The van der Waals surface area contributed by atoms with Crippen LogP contribution in [0.25, 0.3) is 21.1 Å². The molecule has 2 aromatic carbocycles. The highest BCUT2D eigenvalue weighted by Crippen LogP contribution is 2.35. The van der Waals surface area contributed by atoms with E-state index in [2.05, 4.69) is 10.3 Å². The van der Waals surface area contributed by atoms with E-state index >= 15 is 0 Å². The summed E-state index contributed by atoms with van der Waals surface area (Å²) < 4.78 is 15.9. The van der Waals surface area contributed by atoms with Gasteiger partial charge < -0.3 is 19.5 Å². The van der Waals surface area contributed by atoms with Gasteiger partial charge in [0.2, 0.25) is 0 Å². The van der Waals surface area contributed by atoms with E-state index in [-0.39, 0.29) is 5.91 Å². The summed E-state index contributed by atoms with van der Waals surface area (Å²) in [6.45, 7) is 0.501. The third-order valence-corrected chi connectivity index (χ3v) is 6.38. The van der Waals surface area contributed by atoms with Gasteiger partial charge >= 0.3 is 0 Å². The number of rotatable bonds is 7. The van der Waals surface area contributed by atoms with Crippen molar-refractivity contribution in [3.05, 3.63) is 57.9 Å². The maximum absolute atomic E-state index is 12.7. The maximum atomic E-state index is 12.7. The molecule has 0 radical (unpaired) electrons. The molecule has 0 fully saturated rings. The standard InChI is InChI=1S/C23H21ClN2O4S/c1-28-16-6-4-13(10-18(16)30-3)8-9-25-22(27)19-12-15-11-14-5-7-17(29-2)20(24)21(14)26-23(15)31-19/h4-7,10-12H,8-9H2,1-3H3,(H,25,27). The molecule has 0 aliphatic rings. The van der Waals surface area contributed by atoms with Crippen LogP contribution in [0.1, 0.15) is 15.2 Å². The fraction of sp³-hybridized carbons (Fsp3) is 0.217. The third-order valence-electron chi connectivity index (χ3n) is 4.97. The fourth-order valence-electron chi connectivity index (χ4n) is 3.36. The Labute approximate surface area is 188 Å². The van der Waals surface area contributed by atoms with Crippen LogP contribution < -0.4 is 19.5 Å². The molecular formula is C23H21ClN2O4S. The second kappa shape index (κ2) is 8.99. The lowest BCUT2D eigenvalue weighted by Crippen LogP contribution is -2.24. The largest absolute Gasteiger partial charge is 0.495 e. The van der Waals surface area contributed by atoms with E-state index in [0.717, 1.165) is 21.2 Å². The van der Waals surface area contributed by atoms with Crippen molar-refractivity contribution in [1.29, 1.82) is 0 Å². The summed E-state index contributed by atoms with van der Waals surface area (Å²) in [5.74, 6) is 1.80. The van der Waals surface area contributed by atoms with Gasteiger partial charge in [0.1, 0.15) is 15.6 Å². The Morgan fingerprint density at radius 3 is 2.45 bits per heavy atom. The van der Waals surface area contributed by atoms with Crippen LogP contribution in [0.5, 0.6) is 17.2 Å². The Bertz CT molecular complexity index is 1270. The van der Waals surface area contributed by atoms with Crippen molar-refractivity contribution in [3.63, 3.8) is 0 Å². The number of halogens is 1.